The van der Waals surface area contributed by atoms with Gasteiger partial charge < -0.3 is 5.32 Å². The van der Waals surface area contributed by atoms with Crippen molar-refractivity contribution in [1.29, 1.82) is 0 Å². The Morgan fingerprint density at radius 1 is 1.20 bits per heavy atom. The largest absolute Gasteiger partial charge is 0.309 e. The van der Waals surface area contributed by atoms with Gasteiger partial charge in [0.2, 0.25) is 0 Å². The molecule has 2 rings (SSSR count). The number of rotatable bonds is 3. The minimum Gasteiger partial charge on any atom is -0.309 e. The Morgan fingerprint density at radius 3 is 2.35 bits per heavy atom. The number of hydrogen-bond acceptors (Lipinski definition) is 2. The summed E-state index contributed by atoms with van der Waals surface area (Å²) in [6.07, 6.45) is 0.937. The topological polar surface area (TPSA) is 15.3 Å². The zero-order valence-corrected chi connectivity index (χ0v) is 12.8. The van der Waals surface area contributed by atoms with E-state index >= 15 is 0 Å². The Bertz CT molecular complexity index is 467. The highest BCUT2D eigenvalue weighted by molar-refractivity contribution is 5.20. The van der Waals surface area contributed by atoms with Crippen molar-refractivity contribution in [3.63, 3.8) is 0 Å². The first-order valence-corrected chi connectivity index (χ1v) is 7.20. The highest BCUT2D eigenvalue weighted by Crippen LogP contribution is 2.29. The molecule has 1 N–H and O–H groups in total. The van der Waals surface area contributed by atoms with Crippen molar-refractivity contribution < 1.29 is 8.78 Å². The van der Waals surface area contributed by atoms with Gasteiger partial charge in [-0.15, -0.1) is 0 Å². The van der Waals surface area contributed by atoms with Crippen LogP contribution < -0.4 is 5.32 Å². The van der Waals surface area contributed by atoms with Gasteiger partial charge in [-0.1, -0.05) is 13.0 Å². The van der Waals surface area contributed by atoms with E-state index in [0.717, 1.165) is 19.5 Å². The van der Waals surface area contributed by atoms with Crippen molar-refractivity contribution in [1.82, 2.24) is 10.2 Å². The third-order valence-electron chi connectivity index (χ3n) is 4.47. The zero-order chi connectivity index (χ0) is 15.0. The number of halogens is 2. The molecular weight excluding hydrogens is 258 g/mol. The Morgan fingerprint density at radius 2 is 1.80 bits per heavy atom. The van der Waals surface area contributed by atoms with Crippen LogP contribution in [0.2, 0.25) is 0 Å². The molecule has 0 bridgehead atoms. The highest BCUT2D eigenvalue weighted by atomic mass is 19.1. The first kappa shape index (κ1) is 15.4. The third-order valence-corrected chi connectivity index (χ3v) is 4.47. The van der Waals surface area contributed by atoms with Gasteiger partial charge in [-0.2, -0.15) is 0 Å². The molecule has 1 aromatic carbocycles. The standard InChI is InChI=1S/C16H24F2N2/c1-5-16(4)10-19-15(2,3)11-20(16)9-12-13(17)7-6-8-14(12)18/h6-8,19H,5,9-11H2,1-4H3. The Hall–Kier alpha value is -1.00. The molecule has 1 aromatic rings. The second kappa shape index (κ2) is 5.41. The molecule has 2 nitrogen and oxygen atoms in total. The lowest BCUT2D eigenvalue weighted by molar-refractivity contribution is 0.0159. The maximum Gasteiger partial charge on any atom is 0.130 e. The summed E-state index contributed by atoms with van der Waals surface area (Å²) in [6, 6.07) is 4.07. The van der Waals surface area contributed by atoms with Gasteiger partial charge >= 0.3 is 0 Å². The van der Waals surface area contributed by atoms with E-state index in [4.69, 9.17) is 0 Å². The van der Waals surface area contributed by atoms with Crippen LogP contribution in [0.25, 0.3) is 0 Å². The van der Waals surface area contributed by atoms with Crippen LogP contribution in [0.5, 0.6) is 0 Å². The highest BCUT2D eigenvalue weighted by Gasteiger charge is 2.40. The molecule has 1 aliphatic heterocycles. The van der Waals surface area contributed by atoms with Crippen LogP contribution in [-0.4, -0.2) is 29.1 Å². The maximum absolute atomic E-state index is 13.9. The van der Waals surface area contributed by atoms with Crippen LogP contribution >= 0.6 is 0 Å². The van der Waals surface area contributed by atoms with Crippen molar-refractivity contribution in [3.8, 4) is 0 Å². The minimum atomic E-state index is -0.459. The maximum atomic E-state index is 13.9. The predicted octanol–water partition coefficient (Wildman–Crippen LogP) is 3.32. The van der Waals surface area contributed by atoms with Crippen LogP contribution in [0.15, 0.2) is 18.2 Å². The van der Waals surface area contributed by atoms with Gasteiger partial charge in [0.1, 0.15) is 11.6 Å². The van der Waals surface area contributed by atoms with Gasteiger partial charge in [-0.05, 0) is 39.3 Å². The van der Waals surface area contributed by atoms with Crippen molar-refractivity contribution >= 4 is 0 Å². The SMILES string of the molecule is CCC1(C)CNC(C)(C)CN1Cc1c(F)cccc1F. The second-order valence-corrected chi connectivity index (χ2v) is 6.64. The van der Waals surface area contributed by atoms with E-state index in [2.05, 4.69) is 37.9 Å². The van der Waals surface area contributed by atoms with Crippen molar-refractivity contribution in [2.75, 3.05) is 13.1 Å². The van der Waals surface area contributed by atoms with Crippen molar-refractivity contribution in [2.24, 2.45) is 0 Å². The normalized spacial score (nSPS) is 26.7. The molecule has 0 aromatic heterocycles. The van der Waals surface area contributed by atoms with E-state index < -0.39 is 11.6 Å². The molecule has 20 heavy (non-hydrogen) atoms. The molecule has 1 unspecified atom stereocenters. The van der Waals surface area contributed by atoms with Gasteiger partial charge in [0.15, 0.2) is 0 Å². The number of nitrogens with zero attached hydrogens (tertiary/aromatic N) is 1. The monoisotopic (exact) mass is 282 g/mol. The Labute approximate surface area is 120 Å². The lowest BCUT2D eigenvalue weighted by Crippen LogP contribution is -2.66. The van der Waals surface area contributed by atoms with Gasteiger partial charge in [0.05, 0.1) is 0 Å². The fourth-order valence-corrected chi connectivity index (χ4v) is 2.74. The van der Waals surface area contributed by atoms with Gasteiger partial charge in [0, 0.05) is 36.3 Å². The van der Waals surface area contributed by atoms with E-state index in [0.29, 0.717) is 6.54 Å². The van der Waals surface area contributed by atoms with E-state index in [-0.39, 0.29) is 16.6 Å². The fourth-order valence-electron chi connectivity index (χ4n) is 2.74. The van der Waals surface area contributed by atoms with Gasteiger partial charge in [-0.25, -0.2) is 8.78 Å². The quantitative estimate of drug-likeness (QED) is 0.915. The van der Waals surface area contributed by atoms with Crippen LogP contribution in [0, 0.1) is 11.6 Å². The van der Waals surface area contributed by atoms with Crippen molar-refractivity contribution in [2.45, 2.75) is 51.7 Å². The third kappa shape index (κ3) is 3.01. The molecule has 112 valence electrons. The van der Waals surface area contributed by atoms with Crippen molar-refractivity contribution in [3.05, 3.63) is 35.4 Å². The first-order chi connectivity index (χ1) is 9.27. The summed E-state index contributed by atoms with van der Waals surface area (Å²) in [4.78, 5) is 2.20. The minimum absolute atomic E-state index is 0.0452. The summed E-state index contributed by atoms with van der Waals surface area (Å²) in [5, 5.41) is 3.52. The van der Waals surface area contributed by atoms with Gasteiger partial charge in [0.25, 0.3) is 0 Å². The van der Waals surface area contributed by atoms with E-state index in [1.165, 1.54) is 18.2 Å². The predicted molar refractivity (Wildman–Crippen MR) is 77.5 cm³/mol. The number of hydrogen-bond donors (Lipinski definition) is 1. The van der Waals surface area contributed by atoms with Crippen LogP contribution in [0.1, 0.15) is 39.7 Å². The summed E-state index contributed by atoms with van der Waals surface area (Å²) in [5.74, 6) is -0.917. The molecule has 1 heterocycles. The molecule has 0 radical (unpaired) electrons. The molecule has 1 fully saturated rings. The van der Waals surface area contributed by atoms with Gasteiger partial charge in [-0.3, -0.25) is 4.90 Å². The van der Waals surface area contributed by atoms with E-state index in [9.17, 15) is 8.78 Å². The molecule has 0 spiro atoms. The summed E-state index contributed by atoms with van der Waals surface area (Å²) in [7, 11) is 0. The molecule has 1 aliphatic rings. The van der Waals surface area contributed by atoms with Crippen LogP contribution in [-0.2, 0) is 6.54 Å². The Kier molecular flexibility index (Phi) is 4.17. The second-order valence-electron chi connectivity index (χ2n) is 6.64. The van der Waals surface area contributed by atoms with Crippen LogP contribution in [0.4, 0.5) is 8.78 Å². The molecular formula is C16H24F2N2. The summed E-state index contributed by atoms with van der Waals surface area (Å²) in [6.45, 7) is 10.4. The summed E-state index contributed by atoms with van der Waals surface area (Å²) >= 11 is 0. The molecule has 0 saturated carbocycles. The lowest BCUT2D eigenvalue weighted by atomic mass is 9.87. The summed E-state index contributed by atoms with van der Waals surface area (Å²) in [5.41, 5.74) is 0.0468. The average Bonchev–Trinajstić information content (AvgIpc) is 2.38. The van der Waals surface area contributed by atoms with Crippen LogP contribution in [0.3, 0.4) is 0 Å². The molecule has 4 heteroatoms. The molecule has 1 saturated heterocycles. The number of benzene rings is 1. The Balaban J connectivity index is 2.28. The smallest absolute Gasteiger partial charge is 0.130 e. The summed E-state index contributed by atoms with van der Waals surface area (Å²) < 4.78 is 27.7. The lowest BCUT2D eigenvalue weighted by Gasteiger charge is -2.51. The first-order valence-electron chi connectivity index (χ1n) is 7.20. The molecule has 1 atom stereocenters. The number of nitrogens with one attached hydrogen (secondary N) is 1. The molecule has 0 amide bonds. The zero-order valence-electron chi connectivity index (χ0n) is 12.8. The fraction of sp³-hybridized carbons (Fsp3) is 0.625. The number of piperazine rings is 1. The van der Waals surface area contributed by atoms with E-state index in [1.54, 1.807) is 0 Å². The average molecular weight is 282 g/mol. The van der Waals surface area contributed by atoms with E-state index in [1.807, 2.05) is 0 Å². The molecule has 0 aliphatic carbocycles.